The topological polar surface area (TPSA) is 167 Å². The van der Waals surface area contributed by atoms with Crippen molar-refractivity contribution >= 4 is 47.0 Å². The van der Waals surface area contributed by atoms with Crippen LogP contribution in [0.3, 0.4) is 0 Å². The normalized spacial score (nSPS) is 31.5. The summed E-state index contributed by atoms with van der Waals surface area (Å²) >= 11 is 1.29. The summed E-state index contributed by atoms with van der Waals surface area (Å²) in [4.78, 5) is 56.2. The van der Waals surface area contributed by atoms with Crippen LogP contribution in [0, 0.1) is 17.8 Å². The maximum Gasteiger partial charge on any atom is 0.408 e. The molecule has 4 N–H and O–H groups in total. The van der Waals surface area contributed by atoms with Crippen LogP contribution in [0.15, 0.2) is 9.98 Å². The number of rotatable bonds is 6. The Kier molecular flexibility index (Phi) is 5.81. The molecule has 1 aliphatic heterocycles. The van der Waals surface area contributed by atoms with E-state index in [2.05, 4.69) is 20.6 Å². The zero-order valence-corrected chi connectivity index (χ0v) is 17.6. The molecule has 0 unspecified atom stereocenters. The van der Waals surface area contributed by atoms with Gasteiger partial charge in [0.15, 0.2) is 0 Å². The predicted octanol–water partition coefficient (Wildman–Crippen LogP) is 0.343. The lowest BCUT2D eigenvalue weighted by atomic mass is 9.90. The molecule has 0 spiro atoms. The van der Waals surface area contributed by atoms with Crippen LogP contribution >= 0.6 is 11.8 Å². The van der Waals surface area contributed by atoms with Crippen LogP contribution in [0.4, 0.5) is 4.79 Å². The van der Waals surface area contributed by atoms with E-state index in [4.69, 9.17) is 4.74 Å². The average molecular weight is 440 g/mol. The molecule has 0 aromatic heterocycles. The Morgan fingerprint density at radius 2 is 2.00 bits per heavy atom. The second-order valence-electron chi connectivity index (χ2n) is 8.46. The fourth-order valence-corrected chi connectivity index (χ4v) is 5.55. The Hall–Kier alpha value is -2.63. The van der Waals surface area contributed by atoms with Gasteiger partial charge < -0.3 is 25.6 Å². The van der Waals surface area contributed by atoms with Crippen molar-refractivity contribution < 1.29 is 34.1 Å². The van der Waals surface area contributed by atoms with Crippen LogP contribution in [0.25, 0.3) is 0 Å². The highest BCUT2D eigenvalue weighted by Crippen LogP contribution is 2.65. The number of carbonyl (C=O) groups is 4. The first-order valence-electron chi connectivity index (χ1n) is 9.39. The van der Waals surface area contributed by atoms with Crippen molar-refractivity contribution in [2.24, 2.45) is 27.7 Å². The molecule has 2 amide bonds. The van der Waals surface area contributed by atoms with Gasteiger partial charge in [0, 0.05) is 11.2 Å². The lowest BCUT2D eigenvalue weighted by Gasteiger charge is -2.30. The minimum Gasteiger partial charge on any atom is -0.481 e. The van der Waals surface area contributed by atoms with Crippen LogP contribution in [0.2, 0.25) is 0 Å². The number of aliphatic imine (C=N–C) groups is 2. The quantitative estimate of drug-likeness (QED) is 0.459. The molecular formula is C18H24N4O7S. The van der Waals surface area contributed by atoms with Gasteiger partial charge in [0.2, 0.25) is 5.91 Å². The Morgan fingerprint density at radius 1 is 1.30 bits per heavy atom. The molecule has 2 aliphatic carbocycles. The Balaban J connectivity index is 1.70. The van der Waals surface area contributed by atoms with Gasteiger partial charge in [0.1, 0.15) is 29.4 Å². The third kappa shape index (κ3) is 4.42. The Bertz CT molecular complexity index is 837. The molecule has 0 aromatic rings. The van der Waals surface area contributed by atoms with Crippen molar-refractivity contribution in [2.45, 2.75) is 43.6 Å². The highest BCUT2D eigenvalue weighted by Gasteiger charge is 2.75. The molecule has 3 aliphatic rings. The fraction of sp³-hybridized carbons (Fsp3) is 0.667. The maximum atomic E-state index is 12.4. The van der Waals surface area contributed by atoms with Crippen LogP contribution in [0.1, 0.15) is 27.2 Å². The summed E-state index contributed by atoms with van der Waals surface area (Å²) in [7, 11) is 0. The van der Waals surface area contributed by atoms with E-state index < -0.39 is 59.4 Å². The van der Waals surface area contributed by atoms with Crippen molar-refractivity contribution in [1.82, 2.24) is 10.6 Å². The van der Waals surface area contributed by atoms with Crippen molar-refractivity contribution in [3.05, 3.63) is 0 Å². The number of ether oxygens (including phenoxy) is 1. The number of hydrogen-bond donors (Lipinski definition) is 4. The molecule has 1 heterocycles. The first-order chi connectivity index (χ1) is 13.9. The second-order valence-corrected chi connectivity index (χ2v) is 9.72. The van der Waals surface area contributed by atoms with Crippen LogP contribution < -0.4 is 10.6 Å². The molecule has 164 valence electrons. The predicted molar refractivity (Wildman–Crippen MR) is 108 cm³/mol. The van der Waals surface area contributed by atoms with Gasteiger partial charge in [-0.2, -0.15) is 0 Å². The summed E-state index contributed by atoms with van der Waals surface area (Å²) in [5, 5.41) is 24.5. The van der Waals surface area contributed by atoms with Crippen molar-refractivity contribution in [1.29, 1.82) is 0 Å². The van der Waals surface area contributed by atoms with Crippen LogP contribution in [0.5, 0.6) is 0 Å². The first kappa shape index (κ1) is 22.1. The minimum atomic E-state index is -1.73. The summed E-state index contributed by atoms with van der Waals surface area (Å²) in [6.07, 6.45) is 0.812. The summed E-state index contributed by atoms with van der Waals surface area (Å²) in [6, 6.07) is 0. The summed E-state index contributed by atoms with van der Waals surface area (Å²) in [5.41, 5.74) is -2.48. The Labute approximate surface area is 176 Å². The van der Waals surface area contributed by atoms with Crippen LogP contribution in [-0.4, -0.2) is 75.0 Å². The van der Waals surface area contributed by atoms with Gasteiger partial charge in [-0.15, -0.1) is 11.8 Å². The van der Waals surface area contributed by atoms with E-state index in [1.54, 1.807) is 27.0 Å². The molecule has 0 aromatic carbocycles. The van der Waals surface area contributed by atoms with Crippen molar-refractivity contribution in [3.8, 4) is 0 Å². The number of thioether (sulfide) groups is 1. The van der Waals surface area contributed by atoms with Gasteiger partial charge in [-0.3, -0.25) is 19.6 Å². The monoisotopic (exact) mass is 440 g/mol. The molecule has 11 nitrogen and oxygen atoms in total. The number of carboxylic acids is 2. The highest BCUT2D eigenvalue weighted by molar-refractivity contribution is 8.16. The number of hydrogen-bond acceptors (Lipinski definition) is 8. The smallest absolute Gasteiger partial charge is 0.408 e. The van der Waals surface area contributed by atoms with E-state index in [9.17, 15) is 29.4 Å². The number of nitrogens with one attached hydrogen (secondary N) is 2. The van der Waals surface area contributed by atoms with E-state index in [0.29, 0.717) is 11.7 Å². The number of amides is 2. The average Bonchev–Trinajstić information content (AvgIpc) is 3.02. The number of aliphatic carboxylic acids is 2. The molecule has 2 saturated carbocycles. The van der Waals surface area contributed by atoms with Crippen molar-refractivity contribution in [2.75, 3.05) is 13.2 Å². The number of alkyl carbamates (subject to hydrolysis) is 1. The zero-order valence-electron chi connectivity index (χ0n) is 16.7. The van der Waals surface area contributed by atoms with E-state index in [1.807, 2.05) is 0 Å². The summed E-state index contributed by atoms with van der Waals surface area (Å²) in [5.74, 6) is -5.14. The number of fused-ring (bicyclic) bond motifs is 1. The van der Waals surface area contributed by atoms with Gasteiger partial charge >= 0.3 is 18.0 Å². The fourth-order valence-electron chi connectivity index (χ4n) is 4.13. The molecular weight excluding hydrogens is 416 g/mol. The summed E-state index contributed by atoms with van der Waals surface area (Å²) < 4.78 is 5.05. The largest absolute Gasteiger partial charge is 0.481 e. The summed E-state index contributed by atoms with van der Waals surface area (Å²) in [6.45, 7) is 4.81. The number of nitrogens with zero attached hydrogens (tertiary/aromatic N) is 2. The van der Waals surface area contributed by atoms with Gasteiger partial charge in [-0.1, -0.05) is 0 Å². The van der Waals surface area contributed by atoms with Gasteiger partial charge in [-0.05, 0) is 33.1 Å². The lowest BCUT2D eigenvalue weighted by molar-refractivity contribution is -0.149. The van der Waals surface area contributed by atoms with Crippen molar-refractivity contribution in [3.63, 3.8) is 0 Å². The third-order valence-corrected chi connectivity index (χ3v) is 6.46. The minimum absolute atomic E-state index is 0.0527. The maximum absolute atomic E-state index is 12.4. The number of carboxylic acid groups (broad SMARTS) is 2. The zero-order chi connectivity index (χ0) is 22.3. The highest BCUT2D eigenvalue weighted by atomic mass is 32.2. The standard InChI is InChI=1S/C18H24N4O7S/c1-17(2,3)29-16(28)20-5-9(23)22-18(15(26)27)4-8(30-10-6-19-7-21-10)11-12(13(11)18)14(24)25/h6,8,11-13H,4-5,7H2,1-3H3,(H,20,28)(H,22,23)(H,24,25)(H,26,27)/t8-,11+,12+,13+,18+/m1/s1. The van der Waals surface area contributed by atoms with E-state index >= 15 is 0 Å². The van der Waals surface area contributed by atoms with E-state index in [0.717, 1.165) is 0 Å². The number of carbonyl (C=O) groups excluding carboxylic acids is 2. The molecule has 12 heteroatoms. The lowest BCUT2D eigenvalue weighted by Crippen LogP contribution is -2.58. The second kappa shape index (κ2) is 7.89. The van der Waals surface area contributed by atoms with Crippen LogP contribution in [-0.2, 0) is 19.1 Å². The van der Waals surface area contributed by atoms with Gasteiger partial charge in [0.05, 0.1) is 12.1 Å². The third-order valence-electron chi connectivity index (χ3n) is 5.20. The SMILES string of the molecule is CC(C)(C)OC(=O)NCC(=O)N[C@@]1(C(=O)O)C[C@@H](SC2=NCN=C2)[C@H]2[C@H](C(=O)O)[C@H]21. The molecule has 5 atom stereocenters. The molecule has 0 saturated heterocycles. The Morgan fingerprint density at radius 3 is 2.53 bits per heavy atom. The first-order valence-corrected chi connectivity index (χ1v) is 10.3. The molecule has 3 rings (SSSR count). The molecule has 30 heavy (non-hydrogen) atoms. The molecule has 2 fully saturated rings. The van der Waals surface area contributed by atoms with E-state index in [-0.39, 0.29) is 11.7 Å². The van der Waals surface area contributed by atoms with E-state index in [1.165, 1.54) is 11.8 Å². The molecule has 0 radical (unpaired) electrons. The van der Waals surface area contributed by atoms with Gasteiger partial charge in [-0.25, -0.2) is 9.59 Å². The van der Waals surface area contributed by atoms with Gasteiger partial charge in [0.25, 0.3) is 0 Å². The molecule has 0 bridgehead atoms.